The number of benzene rings is 3. The number of phenolic OH excluding ortho intramolecular Hbond substituents is 1. The van der Waals surface area contributed by atoms with E-state index in [1.165, 1.54) is 29.5 Å². The highest BCUT2D eigenvalue weighted by atomic mass is 19.1. The molecule has 0 bridgehead atoms. The van der Waals surface area contributed by atoms with E-state index in [0.717, 1.165) is 49.5 Å². The van der Waals surface area contributed by atoms with Crippen molar-refractivity contribution in [1.82, 2.24) is 5.32 Å². The Kier molecular flexibility index (Phi) is 9.00. The number of anilines is 1. The fourth-order valence-electron chi connectivity index (χ4n) is 5.68. The van der Waals surface area contributed by atoms with Gasteiger partial charge in [-0.3, -0.25) is 0 Å². The lowest BCUT2D eigenvalue weighted by atomic mass is 9.79. The molecule has 40 heavy (non-hydrogen) atoms. The predicted octanol–water partition coefficient (Wildman–Crippen LogP) is 6.24. The Morgan fingerprint density at radius 2 is 1.75 bits per heavy atom. The number of ether oxygens (including phenoxy) is 3. The molecular weight excluding hydrogens is 507 g/mol. The number of hydrogen-bond donors (Lipinski definition) is 3. The smallest absolute Gasteiger partial charge is 0.165 e. The van der Waals surface area contributed by atoms with E-state index >= 15 is 0 Å². The summed E-state index contributed by atoms with van der Waals surface area (Å²) in [6.45, 7) is 4.31. The number of methoxy groups -OCH3 is 2. The number of aromatic hydroxyl groups is 1. The predicted molar refractivity (Wildman–Crippen MR) is 157 cm³/mol. The summed E-state index contributed by atoms with van der Waals surface area (Å²) in [7, 11) is 3.30. The molecule has 0 aliphatic heterocycles. The Hall–Kier alpha value is -3.45. The second-order valence-corrected chi connectivity index (χ2v) is 11.2. The zero-order chi connectivity index (χ0) is 28.1. The average Bonchev–Trinajstić information content (AvgIpc) is 3.78. The third-order valence-corrected chi connectivity index (χ3v) is 8.02. The van der Waals surface area contributed by atoms with Gasteiger partial charge in [-0.05, 0) is 116 Å². The van der Waals surface area contributed by atoms with E-state index in [2.05, 4.69) is 23.6 Å². The van der Waals surface area contributed by atoms with Crippen molar-refractivity contribution in [3.8, 4) is 23.0 Å². The number of halogens is 1. The molecule has 5 rings (SSSR count). The molecule has 214 valence electrons. The normalized spacial score (nSPS) is 17.1. The molecule has 2 unspecified atom stereocenters. The fraction of sp³-hybridized carbons (Fsp3) is 0.455. The van der Waals surface area contributed by atoms with Gasteiger partial charge in [-0.25, -0.2) is 4.39 Å². The minimum atomic E-state index is -0.328. The first-order valence-corrected chi connectivity index (χ1v) is 14.4. The summed E-state index contributed by atoms with van der Waals surface area (Å²) in [6, 6.07) is 15.0. The van der Waals surface area contributed by atoms with Crippen molar-refractivity contribution >= 4 is 5.69 Å². The zero-order valence-electron chi connectivity index (χ0n) is 23.8. The molecule has 0 heterocycles. The van der Waals surface area contributed by atoms with Crippen LogP contribution in [-0.2, 0) is 19.3 Å². The van der Waals surface area contributed by atoms with Crippen LogP contribution in [0.2, 0.25) is 0 Å². The van der Waals surface area contributed by atoms with Crippen molar-refractivity contribution in [1.29, 1.82) is 0 Å². The van der Waals surface area contributed by atoms with Gasteiger partial charge in [0.2, 0.25) is 0 Å². The van der Waals surface area contributed by atoms with Gasteiger partial charge < -0.3 is 30.0 Å². The molecule has 3 N–H and O–H groups in total. The van der Waals surface area contributed by atoms with Crippen LogP contribution in [0.3, 0.4) is 0 Å². The Bertz CT molecular complexity index is 1310. The van der Waals surface area contributed by atoms with Crippen LogP contribution in [0.1, 0.15) is 54.4 Å². The van der Waals surface area contributed by atoms with Crippen molar-refractivity contribution in [2.24, 2.45) is 5.92 Å². The summed E-state index contributed by atoms with van der Waals surface area (Å²) < 4.78 is 31.7. The van der Waals surface area contributed by atoms with E-state index < -0.39 is 0 Å². The third kappa shape index (κ3) is 7.00. The Balaban J connectivity index is 1.26. The summed E-state index contributed by atoms with van der Waals surface area (Å²) in [5.41, 5.74) is 5.55. The second-order valence-electron chi connectivity index (χ2n) is 11.2. The van der Waals surface area contributed by atoms with Gasteiger partial charge in [0.15, 0.2) is 23.1 Å². The quantitative estimate of drug-likeness (QED) is 0.220. The standard InChI is InChI=1S/C33H41FN2O4/c1-21(14-23-6-11-31(29(34)15-23)40-13-12-35-20-22-4-5-22)36-30-19-33(39-3)32(38-2)18-28(30)26-8-7-25-17-27(37)10-9-24(25)16-26/h6,9-11,15,17-19,21-22,26,35-37H,4-5,7-8,12-14,16,20H2,1-3H3. The molecule has 2 atom stereocenters. The summed E-state index contributed by atoms with van der Waals surface area (Å²) in [6.07, 6.45) is 6.04. The van der Waals surface area contributed by atoms with Gasteiger partial charge in [-0.2, -0.15) is 0 Å². The number of nitrogens with one attached hydrogen (secondary N) is 2. The van der Waals surface area contributed by atoms with Gasteiger partial charge in [0.25, 0.3) is 0 Å². The van der Waals surface area contributed by atoms with Crippen LogP contribution in [0.15, 0.2) is 48.5 Å². The van der Waals surface area contributed by atoms with E-state index in [9.17, 15) is 9.50 Å². The lowest BCUT2D eigenvalue weighted by Gasteiger charge is -2.29. The van der Waals surface area contributed by atoms with E-state index in [1.807, 2.05) is 24.3 Å². The maximum atomic E-state index is 14.8. The summed E-state index contributed by atoms with van der Waals surface area (Å²) >= 11 is 0. The zero-order valence-corrected chi connectivity index (χ0v) is 23.8. The summed E-state index contributed by atoms with van der Waals surface area (Å²) in [5.74, 6) is 2.76. The van der Waals surface area contributed by atoms with Crippen molar-refractivity contribution in [3.05, 3.63) is 76.6 Å². The van der Waals surface area contributed by atoms with Crippen LogP contribution in [-0.4, -0.2) is 45.1 Å². The molecule has 2 aliphatic rings. The van der Waals surface area contributed by atoms with Gasteiger partial charge >= 0.3 is 0 Å². The topological polar surface area (TPSA) is 72.0 Å². The number of phenols is 1. The highest BCUT2D eigenvalue weighted by molar-refractivity contribution is 5.63. The van der Waals surface area contributed by atoms with Crippen LogP contribution < -0.4 is 24.8 Å². The Morgan fingerprint density at radius 3 is 2.50 bits per heavy atom. The van der Waals surface area contributed by atoms with Gasteiger partial charge in [0.1, 0.15) is 12.4 Å². The molecule has 3 aromatic rings. The molecule has 3 aromatic carbocycles. The summed E-state index contributed by atoms with van der Waals surface area (Å²) in [4.78, 5) is 0. The first-order valence-electron chi connectivity index (χ1n) is 14.4. The Labute approximate surface area is 236 Å². The minimum absolute atomic E-state index is 0.0440. The molecule has 7 heteroatoms. The molecule has 6 nitrogen and oxygen atoms in total. The number of rotatable bonds is 13. The Morgan fingerprint density at radius 1 is 0.950 bits per heavy atom. The number of hydrogen-bond acceptors (Lipinski definition) is 6. The van der Waals surface area contributed by atoms with E-state index in [4.69, 9.17) is 14.2 Å². The maximum Gasteiger partial charge on any atom is 0.165 e. The number of fused-ring (bicyclic) bond motifs is 1. The van der Waals surface area contributed by atoms with E-state index in [-0.39, 0.29) is 11.9 Å². The highest BCUT2D eigenvalue weighted by Gasteiger charge is 2.25. The minimum Gasteiger partial charge on any atom is -0.508 e. The molecule has 0 amide bonds. The molecule has 0 aromatic heterocycles. The van der Waals surface area contributed by atoms with Gasteiger partial charge in [-0.1, -0.05) is 12.1 Å². The van der Waals surface area contributed by atoms with Gasteiger partial charge in [0.05, 0.1) is 14.2 Å². The first kappa shape index (κ1) is 28.1. The van der Waals surface area contributed by atoms with Crippen molar-refractivity contribution in [2.45, 2.75) is 57.4 Å². The fourth-order valence-corrected chi connectivity index (χ4v) is 5.68. The number of aryl methyl sites for hydroxylation is 1. The lowest BCUT2D eigenvalue weighted by molar-refractivity contribution is 0.298. The third-order valence-electron chi connectivity index (χ3n) is 8.02. The monoisotopic (exact) mass is 548 g/mol. The van der Waals surface area contributed by atoms with Crippen LogP contribution >= 0.6 is 0 Å². The van der Waals surface area contributed by atoms with Gasteiger partial charge in [-0.15, -0.1) is 0 Å². The average molecular weight is 549 g/mol. The van der Waals surface area contributed by atoms with Crippen LogP contribution in [0.5, 0.6) is 23.0 Å². The molecular formula is C33H41FN2O4. The molecule has 1 saturated carbocycles. The molecule has 0 radical (unpaired) electrons. The molecule has 0 saturated heterocycles. The maximum absolute atomic E-state index is 14.8. The largest absolute Gasteiger partial charge is 0.508 e. The van der Waals surface area contributed by atoms with Crippen molar-refractivity contribution < 1.29 is 23.7 Å². The first-order chi connectivity index (χ1) is 19.4. The summed E-state index contributed by atoms with van der Waals surface area (Å²) in [5, 5.41) is 16.9. The van der Waals surface area contributed by atoms with E-state index in [1.54, 1.807) is 32.4 Å². The lowest BCUT2D eigenvalue weighted by Crippen LogP contribution is -2.23. The van der Waals surface area contributed by atoms with Crippen LogP contribution in [0, 0.1) is 11.7 Å². The second kappa shape index (κ2) is 12.8. The SMILES string of the molecule is COc1cc(NC(C)Cc2ccc(OCCNCC3CC3)c(F)c2)c(C2CCc3cc(O)ccc3C2)cc1OC. The van der Waals surface area contributed by atoms with Crippen LogP contribution in [0.4, 0.5) is 10.1 Å². The molecule has 0 spiro atoms. The molecule has 2 aliphatic carbocycles. The molecule has 1 fully saturated rings. The highest BCUT2D eigenvalue weighted by Crippen LogP contribution is 2.42. The van der Waals surface area contributed by atoms with Crippen LogP contribution in [0.25, 0.3) is 0 Å². The van der Waals surface area contributed by atoms with Crippen molar-refractivity contribution in [2.75, 3.05) is 39.2 Å². The van der Waals surface area contributed by atoms with Gasteiger partial charge in [0, 0.05) is 24.3 Å². The van der Waals surface area contributed by atoms with E-state index in [0.29, 0.717) is 41.9 Å². The van der Waals surface area contributed by atoms with Crippen molar-refractivity contribution in [3.63, 3.8) is 0 Å².